The Kier molecular flexibility index (Phi) is 3.39. The van der Waals surface area contributed by atoms with Crippen LogP contribution >= 0.6 is 0 Å². The highest BCUT2D eigenvalue weighted by molar-refractivity contribution is 5.86. The molecule has 0 aromatic rings. The number of ether oxygens (including phenoxy) is 1. The van der Waals surface area contributed by atoms with Crippen molar-refractivity contribution in [1.29, 1.82) is 0 Å². The molecule has 2 rings (SSSR count). The molecule has 0 aromatic heterocycles. The minimum atomic E-state index is -0.189. The van der Waals surface area contributed by atoms with Crippen molar-refractivity contribution in [2.24, 2.45) is 17.3 Å². The van der Waals surface area contributed by atoms with Crippen LogP contribution in [-0.4, -0.2) is 18.5 Å². The van der Waals surface area contributed by atoms with Gasteiger partial charge in [0.05, 0.1) is 11.5 Å². The molecule has 2 fully saturated rings. The molecular weight excluding hydrogens is 200 g/mol. The lowest BCUT2D eigenvalue weighted by Gasteiger charge is -2.36. The van der Waals surface area contributed by atoms with Gasteiger partial charge in [0.2, 0.25) is 0 Å². The lowest BCUT2D eigenvalue weighted by molar-refractivity contribution is -0.138. The van der Waals surface area contributed by atoms with Crippen molar-refractivity contribution in [3.8, 4) is 0 Å². The van der Waals surface area contributed by atoms with E-state index in [4.69, 9.17) is 4.74 Å². The Morgan fingerprint density at radius 2 is 2.12 bits per heavy atom. The van der Waals surface area contributed by atoms with Crippen LogP contribution in [0.5, 0.6) is 0 Å². The van der Waals surface area contributed by atoms with Crippen molar-refractivity contribution in [3.05, 3.63) is 0 Å². The van der Waals surface area contributed by atoms with Crippen LogP contribution < -0.4 is 0 Å². The van der Waals surface area contributed by atoms with Crippen LogP contribution in [0.4, 0.5) is 0 Å². The van der Waals surface area contributed by atoms with Gasteiger partial charge < -0.3 is 4.74 Å². The lowest BCUT2D eigenvalue weighted by atomic mass is 9.70. The van der Waals surface area contributed by atoms with Gasteiger partial charge in [0.1, 0.15) is 5.78 Å². The maximum atomic E-state index is 12.4. The van der Waals surface area contributed by atoms with E-state index < -0.39 is 0 Å². The molecule has 16 heavy (non-hydrogen) atoms. The SMILES string of the molecule is CCO[C@@H]1CC[C@H]2[C@H](C)CCCC(=O)[C@]12C. The molecule has 0 aliphatic heterocycles. The lowest BCUT2D eigenvalue weighted by Crippen LogP contribution is -2.42. The van der Waals surface area contributed by atoms with Gasteiger partial charge in [0.15, 0.2) is 0 Å². The predicted octanol–water partition coefficient (Wildman–Crippen LogP) is 3.20. The first kappa shape index (κ1) is 12.1. The minimum Gasteiger partial charge on any atom is -0.377 e. The Morgan fingerprint density at radius 3 is 2.81 bits per heavy atom. The molecule has 0 bridgehead atoms. The minimum absolute atomic E-state index is 0.176. The molecule has 2 aliphatic rings. The molecule has 0 saturated heterocycles. The Labute approximate surface area is 98.7 Å². The van der Waals surface area contributed by atoms with Gasteiger partial charge >= 0.3 is 0 Å². The molecule has 0 aromatic carbocycles. The normalized spacial score (nSPS) is 44.2. The van der Waals surface area contributed by atoms with Gasteiger partial charge in [-0.2, -0.15) is 0 Å². The van der Waals surface area contributed by atoms with Crippen LogP contribution in [0.2, 0.25) is 0 Å². The van der Waals surface area contributed by atoms with Crippen molar-refractivity contribution in [2.45, 2.75) is 59.0 Å². The van der Waals surface area contributed by atoms with Gasteiger partial charge in [0, 0.05) is 13.0 Å². The molecule has 4 atom stereocenters. The summed E-state index contributed by atoms with van der Waals surface area (Å²) in [6.45, 7) is 7.24. The van der Waals surface area contributed by atoms with Crippen molar-refractivity contribution in [2.75, 3.05) is 6.61 Å². The molecule has 92 valence electrons. The van der Waals surface area contributed by atoms with Crippen LogP contribution in [0.3, 0.4) is 0 Å². The Hall–Kier alpha value is -0.370. The van der Waals surface area contributed by atoms with Gasteiger partial charge in [-0.05, 0) is 51.4 Å². The second-order valence-electron chi connectivity index (χ2n) is 5.70. The molecule has 0 amide bonds. The first-order chi connectivity index (χ1) is 7.60. The zero-order valence-corrected chi connectivity index (χ0v) is 10.8. The van der Waals surface area contributed by atoms with Crippen molar-refractivity contribution in [3.63, 3.8) is 0 Å². The smallest absolute Gasteiger partial charge is 0.141 e. The van der Waals surface area contributed by atoms with Crippen LogP contribution in [0, 0.1) is 17.3 Å². The standard InChI is InChI=1S/C14H24O2/c1-4-16-13-9-8-11-10(2)6-5-7-12(15)14(11,13)3/h10-11,13H,4-9H2,1-3H3/t10-,11+,13-,14-/m1/s1. The largest absolute Gasteiger partial charge is 0.377 e. The molecule has 2 saturated carbocycles. The second kappa shape index (κ2) is 4.48. The molecule has 2 heteroatoms. The van der Waals surface area contributed by atoms with E-state index in [-0.39, 0.29) is 11.5 Å². The number of hydrogen-bond donors (Lipinski definition) is 0. The van der Waals surface area contributed by atoms with E-state index in [2.05, 4.69) is 13.8 Å². The number of ketones is 1. The van der Waals surface area contributed by atoms with Gasteiger partial charge in [-0.1, -0.05) is 6.92 Å². The van der Waals surface area contributed by atoms with Gasteiger partial charge in [-0.15, -0.1) is 0 Å². The zero-order chi connectivity index (χ0) is 11.8. The van der Waals surface area contributed by atoms with Gasteiger partial charge in [-0.3, -0.25) is 4.79 Å². The van der Waals surface area contributed by atoms with Crippen LogP contribution in [0.25, 0.3) is 0 Å². The third-order valence-electron chi connectivity index (χ3n) is 4.90. The Balaban J connectivity index is 2.27. The number of carbonyl (C=O) groups excluding carboxylic acids is 1. The number of Topliss-reactive ketones (excluding diaryl/α,β-unsaturated/α-hetero) is 1. The fourth-order valence-corrected chi connectivity index (χ4v) is 3.94. The van der Waals surface area contributed by atoms with Crippen LogP contribution in [0.15, 0.2) is 0 Å². The van der Waals surface area contributed by atoms with Gasteiger partial charge in [-0.25, -0.2) is 0 Å². The molecule has 2 aliphatic carbocycles. The van der Waals surface area contributed by atoms with Crippen molar-refractivity contribution >= 4 is 5.78 Å². The van der Waals surface area contributed by atoms with E-state index in [0.717, 1.165) is 25.9 Å². The third kappa shape index (κ3) is 1.71. The average Bonchev–Trinajstić information content (AvgIpc) is 2.53. The number of carbonyl (C=O) groups is 1. The van der Waals surface area contributed by atoms with Gasteiger partial charge in [0.25, 0.3) is 0 Å². The first-order valence-corrected chi connectivity index (χ1v) is 6.75. The summed E-state index contributed by atoms with van der Waals surface area (Å²) in [5.74, 6) is 1.69. The summed E-state index contributed by atoms with van der Waals surface area (Å²) >= 11 is 0. The molecule has 0 unspecified atom stereocenters. The van der Waals surface area contributed by atoms with Crippen LogP contribution in [-0.2, 0) is 9.53 Å². The highest BCUT2D eigenvalue weighted by Gasteiger charge is 2.54. The molecular formula is C14H24O2. The molecule has 2 nitrogen and oxygen atoms in total. The zero-order valence-electron chi connectivity index (χ0n) is 10.8. The molecule has 0 spiro atoms. The summed E-state index contributed by atoms with van der Waals surface area (Å²) in [4.78, 5) is 12.4. The van der Waals surface area contributed by atoms with E-state index >= 15 is 0 Å². The van der Waals surface area contributed by atoms with Crippen LogP contribution in [0.1, 0.15) is 52.9 Å². The summed E-state index contributed by atoms with van der Waals surface area (Å²) in [5, 5.41) is 0. The third-order valence-corrected chi connectivity index (χ3v) is 4.90. The quantitative estimate of drug-likeness (QED) is 0.720. The molecule has 0 heterocycles. The number of hydrogen-bond acceptors (Lipinski definition) is 2. The average molecular weight is 224 g/mol. The Bertz CT molecular complexity index is 274. The maximum absolute atomic E-state index is 12.4. The highest BCUT2D eigenvalue weighted by atomic mass is 16.5. The Morgan fingerprint density at radius 1 is 1.38 bits per heavy atom. The second-order valence-corrected chi connectivity index (χ2v) is 5.70. The first-order valence-electron chi connectivity index (χ1n) is 6.75. The summed E-state index contributed by atoms with van der Waals surface area (Å²) in [6, 6.07) is 0. The summed E-state index contributed by atoms with van der Waals surface area (Å²) in [5.41, 5.74) is -0.189. The summed E-state index contributed by atoms with van der Waals surface area (Å²) in [7, 11) is 0. The van der Waals surface area contributed by atoms with Crippen molar-refractivity contribution < 1.29 is 9.53 Å². The predicted molar refractivity (Wildman–Crippen MR) is 64.3 cm³/mol. The number of rotatable bonds is 2. The highest BCUT2D eigenvalue weighted by Crippen LogP contribution is 2.52. The van der Waals surface area contributed by atoms with E-state index in [1.165, 1.54) is 12.8 Å². The fourth-order valence-electron chi connectivity index (χ4n) is 3.94. The van der Waals surface area contributed by atoms with E-state index in [0.29, 0.717) is 17.6 Å². The molecule has 0 radical (unpaired) electrons. The van der Waals surface area contributed by atoms with Crippen molar-refractivity contribution in [1.82, 2.24) is 0 Å². The van der Waals surface area contributed by atoms with E-state index in [1.807, 2.05) is 6.92 Å². The maximum Gasteiger partial charge on any atom is 0.141 e. The summed E-state index contributed by atoms with van der Waals surface area (Å²) < 4.78 is 5.83. The van der Waals surface area contributed by atoms with E-state index in [9.17, 15) is 4.79 Å². The topological polar surface area (TPSA) is 26.3 Å². The summed E-state index contributed by atoms with van der Waals surface area (Å²) in [6.07, 6.45) is 5.48. The monoisotopic (exact) mass is 224 g/mol. The molecule has 0 N–H and O–H groups in total. The number of fused-ring (bicyclic) bond motifs is 1. The van der Waals surface area contributed by atoms with E-state index in [1.54, 1.807) is 0 Å². The fraction of sp³-hybridized carbons (Fsp3) is 0.929.